The van der Waals surface area contributed by atoms with Crippen LogP contribution in [0.2, 0.25) is 0 Å². The molecule has 3 aromatic carbocycles. The summed E-state index contributed by atoms with van der Waals surface area (Å²) in [7, 11) is 0. The van der Waals surface area contributed by atoms with Crippen LogP contribution in [0.5, 0.6) is 0 Å². The van der Waals surface area contributed by atoms with Crippen LogP contribution in [0.25, 0.3) is 11.1 Å². The van der Waals surface area contributed by atoms with Crippen molar-refractivity contribution >= 4 is 35.8 Å². The van der Waals surface area contributed by atoms with Gasteiger partial charge in [0.2, 0.25) is 5.78 Å². The molecule has 0 aromatic heterocycles. The average molecular weight is 446 g/mol. The first-order chi connectivity index (χ1) is 15.5. The SMILES string of the molecule is CCCCCCC(=Nc1ccccc1C(=O)O)C(=O)c1ccc(-c2ccccc2)cc1S. The highest BCUT2D eigenvalue weighted by atomic mass is 32.1. The van der Waals surface area contributed by atoms with E-state index in [-0.39, 0.29) is 11.3 Å². The Bertz CT molecular complexity index is 1120. The molecule has 164 valence electrons. The molecule has 0 aliphatic rings. The van der Waals surface area contributed by atoms with E-state index in [1.807, 2.05) is 42.5 Å². The van der Waals surface area contributed by atoms with E-state index in [0.717, 1.165) is 36.8 Å². The fourth-order valence-electron chi connectivity index (χ4n) is 3.53. The summed E-state index contributed by atoms with van der Waals surface area (Å²) in [5.41, 5.74) is 3.22. The minimum Gasteiger partial charge on any atom is -0.478 e. The molecule has 0 saturated carbocycles. The summed E-state index contributed by atoms with van der Waals surface area (Å²) in [6.07, 6.45) is 4.46. The van der Waals surface area contributed by atoms with Crippen molar-refractivity contribution in [2.24, 2.45) is 4.99 Å². The van der Waals surface area contributed by atoms with Crippen molar-refractivity contribution in [1.29, 1.82) is 0 Å². The minimum absolute atomic E-state index is 0.0804. The quantitative estimate of drug-likeness (QED) is 0.149. The number of unbranched alkanes of at least 4 members (excludes halogenated alkanes) is 3. The van der Waals surface area contributed by atoms with Crippen LogP contribution < -0.4 is 0 Å². The van der Waals surface area contributed by atoms with Gasteiger partial charge in [0.05, 0.1) is 17.0 Å². The second kappa shape index (κ2) is 11.4. The number of hydrogen-bond donors (Lipinski definition) is 2. The lowest BCUT2D eigenvalue weighted by Gasteiger charge is -2.11. The van der Waals surface area contributed by atoms with Crippen molar-refractivity contribution in [2.75, 3.05) is 0 Å². The van der Waals surface area contributed by atoms with Crippen LogP contribution >= 0.6 is 12.6 Å². The van der Waals surface area contributed by atoms with Gasteiger partial charge < -0.3 is 5.11 Å². The molecule has 0 bridgehead atoms. The highest BCUT2D eigenvalue weighted by Crippen LogP contribution is 2.27. The Labute approximate surface area is 194 Å². The number of para-hydroxylation sites is 1. The summed E-state index contributed by atoms with van der Waals surface area (Å²) < 4.78 is 0. The highest BCUT2D eigenvalue weighted by Gasteiger charge is 2.19. The summed E-state index contributed by atoms with van der Waals surface area (Å²) in [4.78, 5) is 30.1. The Kier molecular flexibility index (Phi) is 8.40. The van der Waals surface area contributed by atoms with Gasteiger partial charge in [0, 0.05) is 10.5 Å². The van der Waals surface area contributed by atoms with Crippen molar-refractivity contribution in [2.45, 2.75) is 43.9 Å². The first kappa shape index (κ1) is 23.5. The van der Waals surface area contributed by atoms with Crippen molar-refractivity contribution in [3.8, 4) is 11.1 Å². The summed E-state index contributed by atoms with van der Waals surface area (Å²) in [6.45, 7) is 2.13. The van der Waals surface area contributed by atoms with E-state index >= 15 is 0 Å². The molecule has 4 nitrogen and oxygen atoms in total. The molecule has 0 unspecified atom stereocenters. The van der Waals surface area contributed by atoms with Gasteiger partial charge in [0.25, 0.3) is 0 Å². The van der Waals surface area contributed by atoms with Crippen LogP contribution in [-0.4, -0.2) is 22.6 Å². The van der Waals surface area contributed by atoms with Crippen LogP contribution in [0.15, 0.2) is 82.7 Å². The van der Waals surface area contributed by atoms with Gasteiger partial charge >= 0.3 is 5.97 Å². The van der Waals surface area contributed by atoms with Gasteiger partial charge in [-0.05, 0) is 48.2 Å². The van der Waals surface area contributed by atoms with E-state index < -0.39 is 5.97 Å². The Morgan fingerprint density at radius 3 is 2.25 bits per heavy atom. The number of hydrogen-bond acceptors (Lipinski definition) is 4. The maximum absolute atomic E-state index is 13.4. The topological polar surface area (TPSA) is 66.7 Å². The van der Waals surface area contributed by atoms with Gasteiger partial charge in [-0.25, -0.2) is 9.79 Å². The molecule has 0 radical (unpaired) electrons. The summed E-state index contributed by atoms with van der Waals surface area (Å²) in [6, 6.07) is 22.0. The number of aliphatic imine (C=N–C) groups is 1. The first-order valence-electron chi connectivity index (χ1n) is 10.8. The van der Waals surface area contributed by atoms with E-state index in [1.54, 1.807) is 24.3 Å². The van der Waals surface area contributed by atoms with E-state index in [9.17, 15) is 14.7 Å². The normalized spacial score (nSPS) is 11.4. The number of rotatable bonds is 10. The van der Waals surface area contributed by atoms with Gasteiger partial charge in [-0.1, -0.05) is 74.7 Å². The molecule has 3 aromatic rings. The third-order valence-corrected chi connectivity index (χ3v) is 5.64. The molecule has 0 aliphatic carbocycles. The lowest BCUT2D eigenvalue weighted by molar-refractivity contribution is 0.0697. The van der Waals surface area contributed by atoms with Gasteiger partial charge in [0.1, 0.15) is 0 Å². The molecule has 0 amide bonds. The summed E-state index contributed by atoms with van der Waals surface area (Å²) in [5, 5.41) is 9.50. The van der Waals surface area contributed by atoms with Crippen LogP contribution in [0.4, 0.5) is 5.69 Å². The number of Topliss-reactive ketones (excluding diaryl/α,β-unsaturated/α-hetero) is 1. The molecule has 0 saturated heterocycles. The number of carboxylic acids is 1. The number of carbonyl (C=O) groups excluding carboxylic acids is 1. The lowest BCUT2D eigenvalue weighted by atomic mass is 9.98. The van der Waals surface area contributed by atoms with Crippen LogP contribution in [0.3, 0.4) is 0 Å². The molecular formula is C27H27NO3S. The molecule has 0 atom stereocenters. The second-order valence-corrected chi connectivity index (χ2v) is 8.10. The molecule has 3 rings (SSSR count). The van der Waals surface area contributed by atoms with Gasteiger partial charge in [-0.15, -0.1) is 12.6 Å². The van der Waals surface area contributed by atoms with E-state index in [1.165, 1.54) is 6.07 Å². The molecular weight excluding hydrogens is 418 g/mol. The predicted octanol–water partition coefficient (Wildman–Crippen LogP) is 7.27. The zero-order valence-electron chi connectivity index (χ0n) is 18.1. The summed E-state index contributed by atoms with van der Waals surface area (Å²) >= 11 is 4.59. The zero-order valence-corrected chi connectivity index (χ0v) is 19.0. The van der Waals surface area contributed by atoms with Crippen molar-refractivity contribution in [1.82, 2.24) is 0 Å². The standard InChI is InChI=1S/C27H27NO3S/c1-2-3-4-8-15-24(28-23-14-10-9-13-21(23)27(30)31)26(29)22-17-16-20(18-25(22)32)19-11-6-5-7-12-19/h5-7,9-14,16-18,32H,2-4,8,15H2,1H3,(H,30,31). The molecule has 0 aliphatic heterocycles. The highest BCUT2D eigenvalue weighted by molar-refractivity contribution is 7.80. The fraction of sp³-hybridized carbons (Fsp3) is 0.222. The lowest BCUT2D eigenvalue weighted by Crippen LogP contribution is -2.15. The maximum atomic E-state index is 13.4. The Morgan fingerprint density at radius 1 is 0.844 bits per heavy atom. The van der Waals surface area contributed by atoms with Gasteiger partial charge in [-0.3, -0.25) is 4.79 Å². The third kappa shape index (κ3) is 5.95. The van der Waals surface area contributed by atoms with E-state index in [0.29, 0.717) is 28.3 Å². The van der Waals surface area contributed by atoms with Crippen molar-refractivity contribution < 1.29 is 14.7 Å². The molecule has 0 fully saturated rings. The number of aromatic carboxylic acids is 1. The molecule has 32 heavy (non-hydrogen) atoms. The third-order valence-electron chi connectivity index (χ3n) is 5.27. The van der Waals surface area contributed by atoms with Crippen LogP contribution in [0, 0.1) is 0 Å². The maximum Gasteiger partial charge on any atom is 0.337 e. The van der Waals surface area contributed by atoms with Gasteiger partial charge in [0.15, 0.2) is 0 Å². The smallest absolute Gasteiger partial charge is 0.337 e. The Hall–Kier alpha value is -3.18. The number of ketones is 1. The number of thiol groups is 1. The molecule has 5 heteroatoms. The van der Waals surface area contributed by atoms with E-state index in [2.05, 4.69) is 24.5 Å². The second-order valence-electron chi connectivity index (χ2n) is 7.62. The molecule has 1 N–H and O–H groups in total. The summed E-state index contributed by atoms with van der Waals surface area (Å²) in [5.74, 6) is -1.28. The predicted molar refractivity (Wildman–Crippen MR) is 133 cm³/mol. The van der Waals surface area contributed by atoms with Crippen molar-refractivity contribution in [3.05, 3.63) is 83.9 Å². The first-order valence-corrected chi connectivity index (χ1v) is 11.3. The van der Waals surface area contributed by atoms with E-state index in [4.69, 9.17) is 0 Å². The monoisotopic (exact) mass is 445 g/mol. The van der Waals surface area contributed by atoms with Crippen LogP contribution in [-0.2, 0) is 0 Å². The number of benzene rings is 3. The van der Waals surface area contributed by atoms with Crippen molar-refractivity contribution in [3.63, 3.8) is 0 Å². The van der Waals surface area contributed by atoms with Gasteiger partial charge in [-0.2, -0.15) is 0 Å². The zero-order chi connectivity index (χ0) is 22.9. The number of nitrogens with zero attached hydrogens (tertiary/aromatic N) is 1. The Morgan fingerprint density at radius 2 is 1.56 bits per heavy atom. The molecule has 0 heterocycles. The minimum atomic E-state index is -1.07. The molecule has 0 spiro atoms. The fourth-order valence-corrected chi connectivity index (χ4v) is 3.84. The number of carboxylic acid groups (broad SMARTS) is 1. The van der Waals surface area contributed by atoms with Crippen LogP contribution in [0.1, 0.15) is 59.7 Å². The largest absolute Gasteiger partial charge is 0.478 e. The average Bonchev–Trinajstić information content (AvgIpc) is 2.81. The number of carbonyl (C=O) groups is 2. The Balaban J connectivity index is 1.96.